The molecule has 0 aliphatic heterocycles. The van der Waals surface area contributed by atoms with E-state index >= 15 is 0 Å². The number of hydrogen-bond acceptors (Lipinski definition) is 5. The Morgan fingerprint density at radius 3 is 2.28 bits per heavy atom. The van der Waals surface area contributed by atoms with Gasteiger partial charge >= 0.3 is 0 Å². The highest BCUT2D eigenvalue weighted by molar-refractivity contribution is 8.00. The number of benzene rings is 3. The van der Waals surface area contributed by atoms with Gasteiger partial charge in [0.1, 0.15) is 17.1 Å². The van der Waals surface area contributed by atoms with E-state index in [4.69, 9.17) is 32.7 Å². The van der Waals surface area contributed by atoms with Crippen LogP contribution in [0.1, 0.15) is 10.4 Å². The van der Waals surface area contributed by atoms with E-state index in [-0.39, 0.29) is 17.6 Å². The van der Waals surface area contributed by atoms with Crippen molar-refractivity contribution in [3.63, 3.8) is 0 Å². The summed E-state index contributed by atoms with van der Waals surface area (Å²) in [5.41, 5.74) is 1.33. The van der Waals surface area contributed by atoms with E-state index in [9.17, 15) is 9.59 Å². The summed E-state index contributed by atoms with van der Waals surface area (Å²) < 4.78 is 10.6. The molecular formula is C23H20Cl2N2O4S. The van der Waals surface area contributed by atoms with Crippen LogP contribution in [0.2, 0.25) is 10.0 Å². The Hall–Kier alpha value is -2.87. The molecule has 166 valence electrons. The fourth-order valence-corrected chi connectivity index (χ4v) is 3.95. The van der Waals surface area contributed by atoms with Crippen molar-refractivity contribution in [2.45, 2.75) is 4.90 Å². The summed E-state index contributed by atoms with van der Waals surface area (Å²) in [5, 5.41) is 6.47. The molecule has 3 aromatic carbocycles. The molecular weight excluding hydrogens is 471 g/mol. The normalized spacial score (nSPS) is 10.4. The first-order valence-corrected chi connectivity index (χ1v) is 11.2. The van der Waals surface area contributed by atoms with Gasteiger partial charge in [-0.1, -0.05) is 35.3 Å². The molecule has 0 aliphatic rings. The van der Waals surface area contributed by atoms with Crippen LogP contribution in [-0.4, -0.2) is 31.8 Å². The highest BCUT2D eigenvalue weighted by Crippen LogP contribution is 2.30. The van der Waals surface area contributed by atoms with Gasteiger partial charge in [0, 0.05) is 15.6 Å². The summed E-state index contributed by atoms with van der Waals surface area (Å²) >= 11 is 13.4. The largest absolute Gasteiger partial charge is 0.496 e. The van der Waals surface area contributed by atoms with Crippen LogP contribution in [0.4, 0.5) is 11.4 Å². The molecule has 0 saturated carbocycles. The van der Waals surface area contributed by atoms with Crippen molar-refractivity contribution in [1.82, 2.24) is 0 Å². The van der Waals surface area contributed by atoms with Crippen LogP contribution in [0.5, 0.6) is 11.5 Å². The average molecular weight is 491 g/mol. The third kappa shape index (κ3) is 6.09. The third-order valence-corrected chi connectivity index (χ3v) is 5.88. The monoisotopic (exact) mass is 490 g/mol. The van der Waals surface area contributed by atoms with Crippen molar-refractivity contribution in [3.05, 3.63) is 76.3 Å². The Morgan fingerprint density at radius 2 is 1.59 bits per heavy atom. The van der Waals surface area contributed by atoms with Gasteiger partial charge in [0.25, 0.3) is 5.91 Å². The average Bonchev–Trinajstić information content (AvgIpc) is 2.79. The number of anilines is 2. The minimum absolute atomic E-state index is 0.153. The number of halogens is 2. The first kappa shape index (κ1) is 23.8. The number of thioether (sulfide) groups is 1. The Bertz CT molecular complexity index is 1120. The molecule has 0 spiro atoms. The van der Waals surface area contributed by atoms with Gasteiger partial charge in [0.15, 0.2) is 0 Å². The van der Waals surface area contributed by atoms with Gasteiger partial charge in [-0.3, -0.25) is 9.59 Å². The predicted octanol–water partition coefficient (Wildman–Crippen LogP) is 5.99. The van der Waals surface area contributed by atoms with Crippen LogP contribution in [0, 0.1) is 0 Å². The molecule has 0 fully saturated rings. The molecule has 0 aromatic heterocycles. The van der Waals surface area contributed by atoms with E-state index in [0.717, 1.165) is 4.90 Å². The lowest BCUT2D eigenvalue weighted by Gasteiger charge is -2.13. The number of rotatable bonds is 8. The van der Waals surface area contributed by atoms with Crippen molar-refractivity contribution in [1.29, 1.82) is 0 Å². The second-order valence-electron chi connectivity index (χ2n) is 6.48. The second-order valence-corrected chi connectivity index (χ2v) is 8.37. The van der Waals surface area contributed by atoms with Crippen molar-refractivity contribution >= 4 is 58.2 Å². The summed E-state index contributed by atoms with van der Waals surface area (Å²) in [4.78, 5) is 26.0. The number of carbonyl (C=O) groups is 2. The molecule has 0 bridgehead atoms. The van der Waals surface area contributed by atoms with Crippen molar-refractivity contribution < 1.29 is 19.1 Å². The summed E-state index contributed by atoms with van der Waals surface area (Å²) in [6.07, 6.45) is 0. The Kier molecular flexibility index (Phi) is 8.27. The molecule has 3 rings (SSSR count). The molecule has 0 saturated heterocycles. The zero-order chi connectivity index (χ0) is 23.1. The van der Waals surface area contributed by atoms with Crippen LogP contribution < -0.4 is 20.1 Å². The van der Waals surface area contributed by atoms with Gasteiger partial charge in [-0.05, 0) is 48.5 Å². The van der Waals surface area contributed by atoms with Crippen LogP contribution in [0.25, 0.3) is 0 Å². The SMILES string of the molecule is COc1cccc(OC)c1C(=O)Nc1cccc(SCC(=O)Nc2cc(Cl)ccc2Cl)c1. The third-order valence-electron chi connectivity index (χ3n) is 4.32. The molecule has 0 radical (unpaired) electrons. The lowest BCUT2D eigenvalue weighted by Crippen LogP contribution is -2.15. The predicted molar refractivity (Wildman–Crippen MR) is 130 cm³/mol. The van der Waals surface area contributed by atoms with E-state index in [2.05, 4.69) is 10.6 Å². The van der Waals surface area contributed by atoms with E-state index in [1.54, 1.807) is 54.6 Å². The van der Waals surface area contributed by atoms with E-state index in [0.29, 0.717) is 38.5 Å². The molecule has 2 amide bonds. The van der Waals surface area contributed by atoms with Gasteiger partial charge < -0.3 is 20.1 Å². The van der Waals surface area contributed by atoms with E-state index in [1.165, 1.54) is 26.0 Å². The number of nitrogens with one attached hydrogen (secondary N) is 2. The summed E-state index contributed by atoms with van der Waals surface area (Å²) in [6.45, 7) is 0. The first-order chi connectivity index (χ1) is 15.4. The van der Waals surface area contributed by atoms with Crippen LogP contribution >= 0.6 is 35.0 Å². The fraction of sp³-hybridized carbons (Fsp3) is 0.130. The van der Waals surface area contributed by atoms with Gasteiger partial charge in [-0.15, -0.1) is 11.8 Å². The summed E-state index contributed by atoms with van der Waals surface area (Å²) in [6, 6.07) is 17.2. The van der Waals surface area contributed by atoms with E-state index in [1.807, 2.05) is 6.07 Å². The maximum Gasteiger partial charge on any atom is 0.263 e. The van der Waals surface area contributed by atoms with Gasteiger partial charge in [0.2, 0.25) is 5.91 Å². The minimum atomic E-state index is -0.366. The number of methoxy groups -OCH3 is 2. The molecule has 9 heteroatoms. The van der Waals surface area contributed by atoms with Gasteiger partial charge in [-0.2, -0.15) is 0 Å². The lowest BCUT2D eigenvalue weighted by molar-refractivity contribution is -0.113. The zero-order valence-corrected chi connectivity index (χ0v) is 19.6. The molecule has 32 heavy (non-hydrogen) atoms. The first-order valence-electron chi connectivity index (χ1n) is 9.41. The highest BCUT2D eigenvalue weighted by Gasteiger charge is 2.18. The molecule has 0 aliphatic carbocycles. The molecule has 6 nitrogen and oxygen atoms in total. The maximum absolute atomic E-state index is 12.8. The van der Waals surface area contributed by atoms with E-state index < -0.39 is 0 Å². The highest BCUT2D eigenvalue weighted by atomic mass is 35.5. The molecule has 2 N–H and O–H groups in total. The molecule has 0 unspecified atom stereocenters. The number of amides is 2. The van der Waals surface area contributed by atoms with Crippen molar-refractivity contribution in [2.75, 3.05) is 30.6 Å². The topological polar surface area (TPSA) is 76.7 Å². The van der Waals surface area contributed by atoms with Crippen LogP contribution in [0.15, 0.2) is 65.6 Å². The summed E-state index contributed by atoms with van der Waals surface area (Å²) in [5.74, 6) is 0.371. The smallest absolute Gasteiger partial charge is 0.263 e. The van der Waals surface area contributed by atoms with Gasteiger partial charge in [-0.25, -0.2) is 0 Å². The Morgan fingerprint density at radius 1 is 0.906 bits per heavy atom. The number of ether oxygens (including phenoxy) is 2. The second kappa shape index (κ2) is 11.1. The molecule has 3 aromatic rings. The molecule has 0 heterocycles. The van der Waals surface area contributed by atoms with Crippen molar-refractivity contribution in [3.8, 4) is 11.5 Å². The zero-order valence-electron chi connectivity index (χ0n) is 17.3. The maximum atomic E-state index is 12.8. The van der Waals surface area contributed by atoms with Crippen LogP contribution in [0.3, 0.4) is 0 Å². The van der Waals surface area contributed by atoms with Crippen LogP contribution in [-0.2, 0) is 4.79 Å². The Labute approximate surface area is 200 Å². The summed E-state index contributed by atoms with van der Waals surface area (Å²) in [7, 11) is 2.98. The van der Waals surface area contributed by atoms with Gasteiger partial charge in [0.05, 0.1) is 30.7 Å². The standard InChI is InChI=1S/C23H20Cl2N2O4S/c1-30-19-7-4-8-20(31-2)22(19)23(29)26-15-5-3-6-16(12-15)32-13-21(28)27-18-11-14(24)9-10-17(18)25/h3-12H,13H2,1-2H3,(H,26,29)(H,27,28). The number of carbonyl (C=O) groups excluding carboxylic acids is 2. The quantitative estimate of drug-likeness (QED) is 0.379. The Balaban J connectivity index is 1.65. The van der Waals surface area contributed by atoms with Crippen molar-refractivity contribution in [2.24, 2.45) is 0 Å². The molecule has 0 atom stereocenters. The lowest BCUT2D eigenvalue weighted by atomic mass is 10.1. The fourth-order valence-electron chi connectivity index (χ4n) is 2.86. The number of hydrogen-bond donors (Lipinski definition) is 2. The minimum Gasteiger partial charge on any atom is -0.496 e.